The van der Waals surface area contributed by atoms with Crippen LogP contribution in [-0.2, 0) is 4.79 Å². The number of nitrogens with zero attached hydrogens (tertiary/aromatic N) is 2. The van der Waals surface area contributed by atoms with Gasteiger partial charge in [0.2, 0.25) is 0 Å². The maximum Gasteiger partial charge on any atom is 0.326 e. The standard InChI is InChI=1S/C11H13N3O4/c12-7-2-1-3-13-9(7)10(16)14-5-6(15)4-8(14)11(17)18/h1-3,6,8,15H,4-5,12H2,(H,17,18)/t6?,8-/m0/s1. The largest absolute Gasteiger partial charge is 0.480 e. The van der Waals surface area contributed by atoms with Gasteiger partial charge < -0.3 is 20.8 Å². The third-order valence-electron chi connectivity index (χ3n) is 2.87. The number of hydrogen-bond acceptors (Lipinski definition) is 5. The van der Waals surface area contributed by atoms with Gasteiger partial charge in [0.1, 0.15) is 6.04 Å². The van der Waals surface area contributed by atoms with Gasteiger partial charge in [0.05, 0.1) is 11.8 Å². The number of anilines is 1. The van der Waals surface area contributed by atoms with Crippen LogP contribution in [0.15, 0.2) is 18.3 Å². The number of aliphatic hydroxyl groups is 1. The van der Waals surface area contributed by atoms with Crippen LogP contribution in [0.25, 0.3) is 0 Å². The Morgan fingerprint density at radius 3 is 2.83 bits per heavy atom. The fourth-order valence-corrected chi connectivity index (χ4v) is 2.00. The van der Waals surface area contributed by atoms with E-state index in [0.717, 1.165) is 4.90 Å². The van der Waals surface area contributed by atoms with Gasteiger partial charge in [-0.05, 0) is 12.1 Å². The molecule has 7 heteroatoms. The molecule has 2 atom stereocenters. The van der Waals surface area contributed by atoms with E-state index < -0.39 is 24.0 Å². The zero-order valence-electron chi connectivity index (χ0n) is 9.48. The summed E-state index contributed by atoms with van der Waals surface area (Å²) in [6.07, 6.45) is 0.597. The highest BCUT2D eigenvalue weighted by molar-refractivity contribution is 5.99. The van der Waals surface area contributed by atoms with Gasteiger partial charge in [-0.3, -0.25) is 4.79 Å². The van der Waals surface area contributed by atoms with Crippen molar-refractivity contribution >= 4 is 17.6 Å². The molecule has 1 aliphatic rings. The van der Waals surface area contributed by atoms with E-state index in [9.17, 15) is 14.7 Å². The van der Waals surface area contributed by atoms with Crippen LogP contribution in [0.2, 0.25) is 0 Å². The second kappa shape index (κ2) is 4.61. The first-order valence-electron chi connectivity index (χ1n) is 5.43. The monoisotopic (exact) mass is 251 g/mol. The number of aliphatic carboxylic acids is 1. The number of carbonyl (C=O) groups is 2. The van der Waals surface area contributed by atoms with Crippen molar-refractivity contribution in [1.82, 2.24) is 9.88 Å². The van der Waals surface area contributed by atoms with Gasteiger partial charge in [0, 0.05) is 19.2 Å². The van der Waals surface area contributed by atoms with E-state index in [1.165, 1.54) is 12.3 Å². The molecule has 0 spiro atoms. The minimum atomic E-state index is -1.14. The lowest BCUT2D eigenvalue weighted by Gasteiger charge is -2.21. The number of aromatic nitrogens is 1. The number of aliphatic hydroxyl groups excluding tert-OH is 1. The van der Waals surface area contributed by atoms with Crippen molar-refractivity contribution in [3.05, 3.63) is 24.0 Å². The van der Waals surface area contributed by atoms with Crippen molar-refractivity contribution in [2.75, 3.05) is 12.3 Å². The molecule has 7 nitrogen and oxygen atoms in total. The molecule has 2 heterocycles. The molecule has 0 bridgehead atoms. The van der Waals surface area contributed by atoms with E-state index >= 15 is 0 Å². The fourth-order valence-electron chi connectivity index (χ4n) is 2.00. The van der Waals surface area contributed by atoms with E-state index in [2.05, 4.69) is 4.98 Å². The number of rotatable bonds is 2. The number of carboxylic acid groups (broad SMARTS) is 1. The van der Waals surface area contributed by atoms with Crippen LogP contribution < -0.4 is 5.73 Å². The predicted octanol–water partition coefficient (Wildman–Crippen LogP) is -0.676. The molecular formula is C11H13N3O4. The van der Waals surface area contributed by atoms with Crippen molar-refractivity contribution in [3.8, 4) is 0 Å². The van der Waals surface area contributed by atoms with Crippen molar-refractivity contribution in [1.29, 1.82) is 0 Å². The van der Waals surface area contributed by atoms with Crippen molar-refractivity contribution in [3.63, 3.8) is 0 Å². The maximum atomic E-state index is 12.1. The first kappa shape index (κ1) is 12.3. The summed E-state index contributed by atoms with van der Waals surface area (Å²) in [5.41, 5.74) is 5.83. The Hall–Kier alpha value is -2.15. The van der Waals surface area contributed by atoms with Gasteiger partial charge in [0.25, 0.3) is 5.91 Å². The Bertz CT molecular complexity index is 491. The zero-order chi connectivity index (χ0) is 13.3. The molecule has 1 aliphatic heterocycles. The second-order valence-electron chi connectivity index (χ2n) is 4.14. The van der Waals surface area contributed by atoms with Gasteiger partial charge in [-0.25, -0.2) is 9.78 Å². The van der Waals surface area contributed by atoms with E-state index in [1.54, 1.807) is 6.07 Å². The zero-order valence-corrected chi connectivity index (χ0v) is 9.48. The summed E-state index contributed by atoms with van der Waals surface area (Å²) in [5, 5.41) is 18.5. The first-order valence-corrected chi connectivity index (χ1v) is 5.43. The van der Waals surface area contributed by atoms with E-state index in [-0.39, 0.29) is 24.3 Å². The average Bonchev–Trinajstić information content (AvgIpc) is 2.71. The van der Waals surface area contributed by atoms with Gasteiger partial charge >= 0.3 is 5.97 Å². The van der Waals surface area contributed by atoms with Gasteiger partial charge in [0.15, 0.2) is 5.69 Å². The number of carboxylic acids is 1. The highest BCUT2D eigenvalue weighted by atomic mass is 16.4. The maximum absolute atomic E-state index is 12.1. The number of hydrogen-bond donors (Lipinski definition) is 3. The third kappa shape index (κ3) is 2.12. The Morgan fingerprint density at radius 2 is 2.22 bits per heavy atom. The quantitative estimate of drug-likeness (QED) is 0.641. The number of β-amino-alcohol motifs (C(OH)–C–C–N with tert-alkyl or cyclic N) is 1. The van der Waals surface area contributed by atoms with Crippen LogP contribution >= 0.6 is 0 Å². The lowest BCUT2D eigenvalue weighted by molar-refractivity contribution is -0.141. The summed E-state index contributed by atoms with van der Waals surface area (Å²) in [6.45, 7) is -0.0220. The normalized spacial score (nSPS) is 23.1. The van der Waals surface area contributed by atoms with E-state index in [0.29, 0.717) is 0 Å². The van der Waals surface area contributed by atoms with Gasteiger partial charge in [-0.2, -0.15) is 0 Å². The highest BCUT2D eigenvalue weighted by Crippen LogP contribution is 2.22. The van der Waals surface area contributed by atoms with Crippen LogP contribution in [0.4, 0.5) is 5.69 Å². The number of amides is 1. The highest BCUT2D eigenvalue weighted by Gasteiger charge is 2.40. The molecule has 96 valence electrons. The number of carbonyl (C=O) groups excluding carboxylic acids is 1. The summed E-state index contributed by atoms with van der Waals surface area (Å²) in [7, 11) is 0. The number of pyridine rings is 1. The van der Waals surface area contributed by atoms with Crippen LogP contribution in [0.1, 0.15) is 16.9 Å². The molecule has 1 saturated heterocycles. The Kier molecular flexibility index (Phi) is 3.15. The third-order valence-corrected chi connectivity index (χ3v) is 2.87. The molecule has 0 aliphatic carbocycles. The first-order chi connectivity index (χ1) is 8.50. The van der Waals surface area contributed by atoms with Crippen LogP contribution in [0.3, 0.4) is 0 Å². The summed E-state index contributed by atoms with van der Waals surface area (Å²) in [5.74, 6) is -1.72. The fraction of sp³-hybridized carbons (Fsp3) is 0.364. The van der Waals surface area contributed by atoms with Crippen LogP contribution in [0.5, 0.6) is 0 Å². The molecule has 2 rings (SSSR count). The molecule has 1 unspecified atom stereocenters. The topological polar surface area (TPSA) is 117 Å². The SMILES string of the molecule is Nc1cccnc1C(=O)N1CC(O)C[C@H]1C(=O)O. The second-order valence-corrected chi connectivity index (χ2v) is 4.14. The Morgan fingerprint density at radius 1 is 1.50 bits per heavy atom. The van der Waals surface area contributed by atoms with Gasteiger partial charge in [-0.15, -0.1) is 0 Å². The van der Waals surface area contributed by atoms with Gasteiger partial charge in [-0.1, -0.05) is 0 Å². The number of nitrogen functional groups attached to an aromatic ring is 1. The molecule has 18 heavy (non-hydrogen) atoms. The average molecular weight is 251 g/mol. The molecule has 1 fully saturated rings. The molecular weight excluding hydrogens is 238 g/mol. The molecule has 0 radical (unpaired) electrons. The summed E-state index contributed by atoms with van der Waals surface area (Å²) in [6, 6.07) is 2.07. The molecule has 4 N–H and O–H groups in total. The summed E-state index contributed by atoms with van der Waals surface area (Å²) >= 11 is 0. The van der Waals surface area contributed by atoms with E-state index in [1.807, 2.05) is 0 Å². The minimum Gasteiger partial charge on any atom is -0.480 e. The van der Waals surface area contributed by atoms with Crippen LogP contribution in [-0.4, -0.2) is 50.7 Å². The predicted molar refractivity (Wildman–Crippen MR) is 61.7 cm³/mol. The molecule has 1 aromatic heterocycles. The number of likely N-dealkylation sites (tertiary alicyclic amines) is 1. The van der Waals surface area contributed by atoms with Crippen LogP contribution in [0, 0.1) is 0 Å². The Balaban J connectivity index is 2.28. The van der Waals surface area contributed by atoms with Crippen molar-refractivity contribution in [2.24, 2.45) is 0 Å². The lowest BCUT2D eigenvalue weighted by atomic mass is 10.2. The molecule has 0 aromatic carbocycles. The summed E-state index contributed by atoms with van der Waals surface area (Å²) in [4.78, 5) is 28.1. The van der Waals surface area contributed by atoms with Crippen molar-refractivity contribution < 1.29 is 19.8 Å². The lowest BCUT2D eigenvalue weighted by Crippen LogP contribution is -2.41. The summed E-state index contributed by atoms with van der Waals surface area (Å²) < 4.78 is 0. The number of nitrogens with two attached hydrogens (primary N) is 1. The molecule has 1 amide bonds. The van der Waals surface area contributed by atoms with Crippen molar-refractivity contribution in [2.45, 2.75) is 18.6 Å². The minimum absolute atomic E-state index is 0.0119. The smallest absolute Gasteiger partial charge is 0.326 e. The van der Waals surface area contributed by atoms with E-state index in [4.69, 9.17) is 10.8 Å². The Labute approximate surface area is 103 Å². The molecule has 0 saturated carbocycles. The molecule has 1 aromatic rings.